The molecular formula is C11H18NNaO3S2. The van der Waals surface area contributed by atoms with Crippen molar-refractivity contribution in [3.63, 3.8) is 0 Å². The normalized spacial score (nSPS) is 11.5. The Bertz CT molecular complexity index is 406. The molecule has 1 rings (SSSR count). The first-order valence-electron chi connectivity index (χ1n) is 5.60. The zero-order chi connectivity index (χ0) is 12.7. The van der Waals surface area contributed by atoms with Gasteiger partial charge in [-0.15, -0.1) is 0 Å². The van der Waals surface area contributed by atoms with Gasteiger partial charge in [-0.25, -0.2) is 8.42 Å². The summed E-state index contributed by atoms with van der Waals surface area (Å²) in [5, 5.41) is 4.20. The van der Waals surface area contributed by atoms with Gasteiger partial charge in [0.25, 0.3) is 0 Å². The van der Waals surface area contributed by atoms with E-state index in [1.807, 2.05) is 7.05 Å². The second kappa shape index (κ2) is 9.47. The van der Waals surface area contributed by atoms with Crippen molar-refractivity contribution in [3.8, 4) is 0 Å². The molecule has 0 saturated carbocycles. The van der Waals surface area contributed by atoms with Gasteiger partial charge in [0, 0.05) is 12.3 Å². The molecule has 0 aliphatic heterocycles. The number of likely N-dealkylation sites (N-methyl/N-ethyl adjacent to an activating group) is 1. The van der Waals surface area contributed by atoms with Gasteiger partial charge < -0.3 is 9.45 Å². The molecule has 0 spiro atoms. The van der Waals surface area contributed by atoms with E-state index in [1.165, 1.54) is 5.56 Å². The molecule has 0 aromatic carbocycles. The van der Waals surface area contributed by atoms with E-state index >= 15 is 0 Å². The minimum Gasteiger partial charge on any atom is -0.748 e. The summed E-state index contributed by atoms with van der Waals surface area (Å²) in [6, 6.07) is 2.11. The molecule has 0 N–H and O–H groups in total. The van der Waals surface area contributed by atoms with Gasteiger partial charge in [0.1, 0.15) is 0 Å². The Morgan fingerprint density at radius 3 is 2.61 bits per heavy atom. The van der Waals surface area contributed by atoms with Crippen molar-refractivity contribution >= 4 is 21.5 Å². The molecule has 1 aromatic rings. The van der Waals surface area contributed by atoms with Crippen LogP contribution >= 0.6 is 11.3 Å². The van der Waals surface area contributed by atoms with E-state index in [1.54, 1.807) is 11.3 Å². The van der Waals surface area contributed by atoms with E-state index in [2.05, 4.69) is 21.7 Å². The second-order valence-corrected chi connectivity index (χ2v) is 6.46. The predicted molar refractivity (Wildman–Crippen MR) is 69.3 cm³/mol. The summed E-state index contributed by atoms with van der Waals surface area (Å²) in [6.45, 7) is 1.79. The first-order valence-corrected chi connectivity index (χ1v) is 8.12. The van der Waals surface area contributed by atoms with Gasteiger partial charge >= 0.3 is 29.6 Å². The molecule has 0 fully saturated rings. The minimum absolute atomic E-state index is 0. The van der Waals surface area contributed by atoms with Crippen molar-refractivity contribution < 1.29 is 42.5 Å². The van der Waals surface area contributed by atoms with Crippen LogP contribution < -0.4 is 29.6 Å². The summed E-state index contributed by atoms with van der Waals surface area (Å²) in [5.74, 6) is -0.245. The molecule has 7 heteroatoms. The number of nitrogens with zero attached hydrogens (tertiary/aromatic N) is 1. The second-order valence-electron chi connectivity index (χ2n) is 4.15. The molecule has 98 valence electrons. The topological polar surface area (TPSA) is 60.4 Å². The Morgan fingerprint density at radius 2 is 2.06 bits per heavy atom. The zero-order valence-electron chi connectivity index (χ0n) is 11.0. The molecule has 1 heterocycles. The average Bonchev–Trinajstić information content (AvgIpc) is 2.73. The Balaban J connectivity index is 0.00000289. The predicted octanol–water partition coefficient (Wildman–Crippen LogP) is -1.45. The third-order valence-corrected chi connectivity index (χ3v) is 4.07. The Kier molecular flexibility index (Phi) is 9.77. The molecule has 0 aliphatic carbocycles. The van der Waals surface area contributed by atoms with E-state index in [-0.39, 0.29) is 35.3 Å². The molecule has 4 nitrogen and oxygen atoms in total. The first-order chi connectivity index (χ1) is 7.97. The van der Waals surface area contributed by atoms with Crippen LogP contribution in [-0.2, 0) is 16.5 Å². The van der Waals surface area contributed by atoms with Crippen molar-refractivity contribution in [1.82, 2.24) is 4.90 Å². The molecule has 18 heavy (non-hydrogen) atoms. The number of thiophene rings is 1. The van der Waals surface area contributed by atoms with E-state index in [9.17, 15) is 13.0 Å². The molecule has 0 bridgehead atoms. The van der Waals surface area contributed by atoms with E-state index in [0.717, 1.165) is 25.9 Å². The minimum atomic E-state index is -4.04. The maximum atomic E-state index is 10.4. The molecule has 1 aromatic heterocycles. The fourth-order valence-electron chi connectivity index (χ4n) is 1.53. The monoisotopic (exact) mass is 299 g/mol. The van der Waals surface area contributed by atoms with Crippen LogP contribution in [0.1, 0.15) is 18.4 Å². The zero-order valence-corrected chi connectivity index (χ0v) is 14.6. The third kappa shape index (κ3) is 9.49. The molecule has 0 atom stereocenters. The van der Waals surface area contributed by atoms with Gasteiger partial charge in [0.05, 0.1) is 10.1 Å². The van der Waals surface area contributed by atoms with E-state index in [0.29, 0.717) is 6.42 Å². The Morgan fingerprint density at radius 1 is 1.33 bits per heavy atom. The summed E-state index contributed by atoms with van der Waals surface area (Å²) in [6.07, 6.45) is 2.22. The maximum Gasteiger partial charge on any atom is 1.00 e. The van der Waals surface area contributed by atoms with Crippen LogP contribution in [0.25, 0.3) is 0 Å². The van der Waals surface area contributed by atoms with Crippen LogP contribution in [-0.4, -0.2) is 43.8 Å². The van der Waals surface area contributed by atoms with Gasteiger partial charge in [0.2, 0.25) is 0 Å². The Hall–Kier alpha value is 0.570. The van der Waals surface area contributed by atoms with E-state index < -0.39 is 10.1 Å². The molecule has 0 aliphatic rings. The number of hydrogen-bond donors (Lipinski definition) is 0. The summed E-state index contributed by atoms with van der Waals surface area (Å²) < 4.78 is 31.2. The fraction of sp³-hybridized carbons (Fsp3) is 0.636. The third-order valence-electron chi connectivity index (χ3n) is 2.55. The maximum absolute atomic E-state index is 10.4. The van der Waals surface area contributed by atoms with Gasteiger partial charge in [-0.05, 0) is 55.2 Å². The van der Waals surface area contributed by atoms with Crippen molar-refractivity contribution in [2.75, 3.05) is 25.9 Å². The first kappa shape index (κ1) is 18.6. The number of unbranched alkanes of at least 4 members (excludes halogenated alkanes) is 1. The molecule has 0 amide bonds. The summed E-state index contributed by atoms with van der Waals surface area (Å²) in [4.78, 5) is 2.16. The van der Waals surface area contributed by atoms with Crippen molar-refractivity contribution in [2.24, 2.45) is 0 Å². The summed E-state index contributed by atoms with van der Waals surface area (Å²) in [7, 11) is -2.02. The summed E-state index contributed by atoms with van der Waals surface area (Å²) in [5.41, 5.74) is 1.34. The average molecular weight is 299 g/mol. The summed E-state index contributed by atoms with van der Waals surface area (Å²) >= 11 is 1.70. The molecule has 0 unspecified atom stereocenters. The van der Waals surface area contributed by atoms with Gasteiger partial charge in [-0.3, -0.25) is 0 Å². The van der Waals surface area contributed by atoms with Crippen molar-refractivity contribution in [2.45, 2.75) is 19.3 Å². The van der Waals surface area contributed by atoms with Gasteiger partial charge in [-0.2, -0.15) is 11.3 Å². The Labute approximate surface area is 135 Å². The van der Waals surface area contributed by atoms with Gasteiger partial charge in [0.15, 0.2) is 0 Å². The standard InChI is InChI=1S/C11H19NO3S2.Na/c1-12(6-2-3-9-17(13,14)15)7-4-11-5-8-16-10-11;/h5,8,10H,2-4,6-7,9H2,1H3,(H,13,14,15);/q;+1/p-1. The smallest absolute Gasteiger partial charge is 0.748 e. The fourth-order valence-corrected chi connectivity index (χ4v) is 2.79. The van der Waals surface area contributed by atoms with Crippen molar-refractivity contribution in [3.05, 3.63) is 22.4 Å². The largest absolute Gasteiger partial charge is 1.00 e. The van der Waals surface area contributed by atoms with Crippen LogP contribution in [0.15, 0.2) is 16.8 Å². The van der Waals surface area contributed by atoms with Crippen LogP contribution in [0.3, 0.4) is 0 Å². The van der Waals surface area contributed by atoms with Crippen LogP contribution in [0.5, 0.6) is 0 Å². The SMILES string of the molecule is CN(CCCCS(=O)(=O)[O-])CCc1ccsc1.[Na+]. The number of hydrogen-bond acceptors (Lipinski definition) is 5. The van der Waals surface area contributed by atoms with Crippen molar-refractivity contribution in [1.29, 1.82) is 0 Å². The van der Waals surface area contributed by atoms with E-state index in [4.69, 9.17) is 0 Å². The van der Waals surface area contributed by atoms with Crippen LogP contribution in [0, 0.1) is 0 Å². The van der Waals surface area contributed by atoms with Crippen LogP contribution in [0.2, 0.25) is 0 Å². The quantitative estimate of drug-likeness (QED) is 0.335. The number of rotatable bonds is 8. The molecule has 0 radical (unpaired) electrons. The van der Waals surface area contributed by atoms with Gasteiger partial charge in [-0.1, -0.05) is 0 Å². The molecule has 0 saturated heterocycles. The molecular weight excluding hydrogens is 281 g/mol. The van der Waals surface area contributed by atoms with Crippen LogP contribution in [0.4, 0.5) is 0 Å².